The highest BCUT2D eigenvalue weighted by atomic mass is 16.5. The van der Waals surface area contributed by atoms with Crippen molar-refractivity contribution in [2.45, 2.75) is 89.1 Å². The smallest absolute Gasteiger partial charge is 0.0715 e. The summed E-state index contributed by atoms with van der Waals surface area (Å²) in [5.41, 5.74) is 1.22. The van der Waals surface area contributed by atoms with Gasteiger partial charge in [0.05, 0.1) is 11.1 Å². The fourth-order valence-corrected chi connectivity index (χ4v) is 4.87. The first-order valence-corrected chi connectivity index (χ1v) is 8.31. The van der Waals surface area contributed by atoms with Gasteiger partial charge in [0.2, 0.25) is 0 Å². The molecular weight excluding hydrogens is 234 g/mol. The van der Waals surface area contributed by atoms with Crippen LogP contribution >= 0.6 is 0 Å². The first-order valence-electron chi connectivity index (χ1n) is 8.31. The normalized spacial score (nSPS) is 30.2. The molecular formula is C17H28NO. The molecule has 3 rings (SSSR count). The van der Waals surface area contributed by atoms with Gasteiger partial charge in [-0.2, -0.15) is 0 Å². The number of hydroxylamine groups is 2. The van der Waals surface area contributed by atoms with Crippen molar-refractivity contribution in [1.29, 1.82) is 0 Å². The summed E-state index contributed by atoms with van der Waals surface area (Å²) in [6.45, 7) is 4.55. The molecule has 0 N–H and O–H groups in total. The van der Waals surface area contributed by atoms with E-state index in [1.165, 1.54) is 44.1 Å². The Morgan fingerprint density at radius 2 is 1.47 bits per heavy atom. The molecule has 1 aliphatic heterocycles. The van der Waals surface area contributed by atoms with E-state index in [4.69, 9.17) is 0 Å². The Kier molecular flexibility index (Phi) is 3.51. The SMILES string of the molecule is CC(C)C1=CC2(CCCCC2)N([O])C12CCCCC2. The van der Waals surface area contributed by atoms with Crippen LogP contribution in [0.3, 0.4) is 0 Å². The molecule has 0 amide bonds. The molecule has 0 aromatic heterocycles. The molecule has 0 aromatic carbocycles. The zero-order chi connectivity index (χ0) is 13.5. The van der Waals surface area contributed by atoms with E-state index in [2.05, 4.69) is 19.9 Å². The molecule has 1 heterocycles. The third-order valence-electron chi connectivity index (χ3n) is 5.78. The predicted molar refractivity (Wildman–Crippen MR) is 77.1 cm³/mol. The Hall–Kier alpha value is -0.340. The van der Waals surface area contributed by atoms with E-state index in [0.717, 1.165) is 25.7 Å². The molecule has 0 aromatic rings. The summed E-state index contributed by atoms with van der Waals surface area (Å²) >= 11 is 0. The van der Waals surface area contributed by atoms with Crippen molar-refractivity contribution in [2.75, 3.05) is 0 Å². The zero-order valence-corrected chi connectivity index (χ0v) is 12.6. The molecule has 2 aliphatic carbocycles. The van der Waals surface area contributed by atoms with Gasteiger partial charge in [0.1, 0.15) is 0 Å². The highest BCUT2D eigenvalue weighted by Gasteiger charge is 2.56. The van der Waals surface area contributed by atoms with Crippen LogP contribution in [0.5, 0.6) is 0 Å². The summed E-state index contributed by atoms with van der Waals surface area (Å²) in [4.78, 5) is 0. The van der Waals surface area contributed by atoms with Gasteiger partial charge >= 0.3 is 0 Å². The minimum atomic E-state index is -0.130. The van der Waals surface area contributed by atoms with Crippen LogP contribution in [0.2, 0.25) is 0 Å². The van der Waals surface area contributed by atoms with Crippen LogP contribution in [0.4, 0.5) is 0 Å². The monoisotopic (exact) mass is 262 g/mol. The van der Waals surface area contributed by atoms with Crippen molar-refractivity contribution in [1.82, 2.24) is 5.06 Å². The molecule has 0 unspecified atom stereocenters. The lowest BCUT2D eigenvalue weighted by Gasteiger charge is -2.46. The summed E-state index contributed by atoms with van der Waals surface area (Å²) in [6, 6.07) is 0. The third-order valence-corrected chi connectivity index (χ3v) is 5.78. The average molecular weight is 262 g/mol. The second kappa shape index (κ2) is 4.89. The average Bonchev–Trinajstić information content (AvgIpc) is 2.65. The van der Waals surface area contributed by atoms with E-state index in [9.17, 15) is 5.21 Å². The van der Waals surface area contributed by atoms with Crippen LogP contribution in [-0.2, 0) is 5.21 Å². The maximum absolute atomic E-state index is 13.2. The molecule has 1 radical (unpaired) electrons. The fourth-order valence-electron chi connectivity index (χ4n) is 4.87. The minimum Gasteiger partial charge on any atom is -0.135 e. The molecule has 0 saturated heterocycles. The number of nitrogens with zero attached hydrogens (tertiary/aromatic N) is 1. The van der Waals surface area contributed by atoms with Gasteiger partial charge in [-0.15, -0.1) is 10.3 Å². The Bertz CT molecular complexity index is 359. The third kappa shape index (κ3) is 1.99. The van der Waals surface area contributed by atoms with Crippen LogP contribution in [0.15, 0.2) is 11.6 Å². The van der Waals surface area contributed by atoms with Crippen molar-refractivity contribution in [3.05, 3.63) is 11.6 Å². The Labute approximate surface area is 117 Å². The Balaban J connectivity index is 1.98. The van der Waals surface area contributed by atoms with Gasteiger partial charge in [-0.1, -0.05) is 58.4 Å². The predicted octanol–water partition coefficient (Wildman–Crippen LogP) is 4.64. The lowest BCUT2D eigenvalue weighted by Crippen LogP contribution is -2.55. The summed E-state index contributed by atoms with van der Waals surface area (Å²) in [5, 5.41) is 14.8. The van der Waals surface area contributed by atoms with Gasteiger partial charge in [0.25, 0.3) is 0 Å². The van der Waals surface area contributed by atoms with E-state index in [0.29, 0.717) is 5.92 Å². The van der Waals surface area contributed by atoms with Gasteiger partial charge in [-0.05, 0) is 37.2 Å². The number of hydrogen-bond acceptors (Lipinski definition) is 1. The first kappa shape index (κ1) is 13.6. The quantitative estimate of drug-likeness (QED) is 0.632. The van der Waals surface area contributed by atoms with E-state index in [1.54, 1.807) is 5.06 Å². The maximum Gasteiger partial charge on any atom is 0.0715 e. The molecule has 0 atom stereocenters. The van der Waals surface area contributed by atoms with Crippen LogP contribution in [-0.4, -0.2) is 16.1 Å². The number of rotatable bonds is 1. The second-order valence-corrected chi connectivity index (χ2v) is 7.31. The Morgan fingerprint density at radius 3 is 2.00 bits per heavy atom. The zero-order valence-electron chi connectivity index (χ0n) is 12.6. The number of hydrogen-bond donors (Lipinski definition) is 0. The second-order valence-electron chi connectivity index (χ2n) is 7.31. The first-order chi connectivity index (χ1) is 9.11. The van der Waals surface area contributed by atoms with Crippen molar-refractivity contribution >= 4 is 0 Å². The van der Waals surface area contributed by atoms with E-state index in [-0.39, 0.29) is 11.1 Å². The summed E-state index contributed by atoms with van der Waals surface area (Å²) in [7, 11) is 0. The van der Waals surface area contributed by atoms with E-state index >= 15 is 0 Å². The highest BCUT2D eigenvalue weighted by molar-refractivity contribution is 5.35. The molecule has 2 nitrogen and oxygen atoms in total. The summed E-state index contributed by atoms with van der Waals surface area (Å²) < 4.78 is 0. The van der Waals surface area contributed by atoms with Gasteiger partial charge in [-0.25, -0.2) is 0 Å². The van der Waals surface area contributed by atoms with Crippen LogP contribution in [0.1, 0.15) is 78.1 Å². The van der Waals surface area contributed by atoms with Gasteiger partial charge in [-0.3, -0.25) is 0 Å². The van der Waals surface area contributed by atoms with Crippen molar-refractivity contribution in [3.63, 3.8) is 0 Å². The van der Waals surface area contributed by atoms with Crippen molar-refractivity contribution in [3.8, 4) is 0 Å². The van der Waals surface area contributed by atoms with E-state index in [1.807, 2.05) is 0 Å². The van der Waals surface area contributed by atoms with E-state index < -0.39 is 0 Å². The summed E-state index contributed by atoms with van der Waals surface area (Å²) in [6.07, 6.45) is 14.4. The highest BCUT2D eigenvalue weighted by Crippen LogP contribution is 2.53. The molecule has 0 bridgehead atoms. The van der Waals surface area contributed by atoms with Gasteiger partial charge < -0.3 is 0 Å². The lowest BCUT2D eigenvalue weighted by atomic mass is 9.74. The molecule has 19 heavy (non-hydrogen) atoms. The van der Waals surface area contributed by atoms with Crippen LogP contribution in [0.25, 0.3) is 0 Å². The summed E-state index contributed by atoms with van der Waals surface area (Å²) in [5.74, 6) is 0.524. The van der Waals surface area contributed by atoms with Crippen molar-refractivity contribution < 1.29 is 5.21 Å². The fraction of sp³-hybridized carbons (Fsp3) is 0.882. The Morgan fingerprint density at radius 1 is 0.947 bits per heavy atom. The molecule has 2 fully saturated rings. The molecule has 107 valence electrons. The lowest BCUT2D eigenvalue weighted by molar-refractivity contribution is -0.268. The molecule has 2 saturated carbocycles. The molecule has 2 spiro atoms. The van der Waals surface area contributed by atoms with Crippen LogP contribution < -0.4 is 0 Å². The largest absolute Gasteiger partial charge is 0.135 e. The molecule has 2 heteroatoms. The topological polar surface area (TPSA) is 23.1 Å². The van der Waals surface area contributed by atoms with Gasteiger partial charge in [0.15, 0.2) is 0 Å². The standard InChI is InChI=1S/C17H28NO/c1-14(2)15-13-16(9-5-3-6-10-16)18(19)17(15)11-7-4-8-12-17/h13-14H,3-12H2,1-2H3. The van der Waals surface area contributed by atoms with Crippen molar-refractivity contribution in [2.24, 2.45) is 5.92 Å². The van der Waals surface area contributed by atoms with Crippen LogP contribution in [0, 0.1) is 5.92 Å². The van der Waals surface area contributed by atoms with Gasteiger partial charge in [0, 0.05) is 0 Å². The molecule has 3 aliphatic rings. The maximum atomic E-state index is 13.2. The minimum absolute atomic E-state index is 0.121.